The zero-order valence-electron chi connectivity index (χ0n) is 14.4. The fourth-order valence-electron chi connectivity index (χ4n) is 2.56. The predicted molar refractivity (Wildman–Crippen MR) is 95.7 cm³/mol. The maximum atomic E-state index is 12.3. The van der Waals surface area contributed by atoms with Crippen LogP contribution in [0.1, 0.15) is 22.3 Å². The van der Waals surface area contributed by atoms with Crippen molar-refractivity contribution in [3.05, 3.63) is 53.6 Å². The summed E-state index contributed by atoms with van der Waals surface area (Å²) in [7, 11) is -0.665. The van der Waals surface area contributed by atoms with Crippen molar-refractivity contribution in [2.75, 3.05) is 19.4 Å². The number of hydrogen-bond donors (Lipinski definition) is 1. The van der Waals surface area contributed by atoms with E-state index in [1.54, 1.807) is 18.2 Å². The monoisotopic (exact) mass is 374 g/mol. The van der Waals surface area contributed by atoms with Gasteiger partial charge in [0.15, 0.2) is 0 Å². The van der Waals surface area contributed by atoms with Gasteiger partial charge in [-0.15, -0.1) is 0 Å². The Bertz CT molecular complexity index is 966. The van der Waals surface area contributed by atoms with Gasteiger partial charge in [-0.05, 0) is 54.4 Å². The zero-order valence-corrected chi connectivity index (χ0v) is 15.2. The summed E-state index contributed by atoms with van der Waals surface area (Å²) in [4.78, 5) is 23.7. The third-order valence-corrected chi connectivity index (χ3v) is 5.88. The number of ether oxygens (including phenoxy) is 1. The topological polar surface area (TPSA) is 92.8 Å². The number of rotatable bonds is 4. The van der Waals surface area contributed by atoms with E-state index in [-0.39, 0.29) is 16.4 Å². The molecule has 26 heavy (non-hydrogen) atoms. The number of amides is 1. The van der Waals surface area contributed by atoms with Gasteiger partial charge < -0.3 is 10.1 Å². The third-order valence-electron chi connectivity index (χ3n) is 4.05. The molecule has 0 bridgehead atoms. The summed E-state index contributed by atoms with van der Waals surface area (Å²) in [5, 5.41) is 2.76. The molecule has 0 unspecified atom stereocenters. The highest BCUT2D eigenvalue weighted by Crippen LogP contribution is 2.27. The number of aryl methyl sites for hydroxylation is 1. The molecule has 0 saturated carbocycles. The Balaban J connectivity index is 1.75. The van der Waals surface area contributed by atoms with Gasteiger partial charge in [-0.3, -0.25) is 4.79 Å². The van der Waals surface area contributed by atoms with E-state index in [9.17, 15) is 18.0 Å². The Hall–Kier alpha value is -2.71. The van der Waals surface area contributed by atoms with E-state index >= 15 is 0 Å². The molecule has 0 radical (unpaired) electrons. The van der Waals surface area contributed by atoms with Crippen molar-refractivity contribution in [1.82, 2.24) is 4.31 Å². The zero-order chi connectivity index (χ0) is 18.9. The minimum Gasteiger partial charge on any atom is -0.423 e. The van der Waals surface area contributed by atoms with Crippen molar-refractivity contribution in [2.24, 2.45) is 0 Å². The molecule has 1 N–H and O–H groups in total. The van der Waals surface area contributed by atoms with Crippen molar-refractivity contribution >= 4 is 27.6 Å². The van der Waals surface area contributed by atoms with Gasteiger partial charge in [0.2, 0.25) is 15.9 Å². The third kappa shape index (κ3) is 3.61. The molecule has 3 rings (SSSR count). The number of nitrogens with zero attached hydrogens (tertiary/aromatic N) is 1. The summed E-state index contributed by atoms with van der Waals surface area (Å²) in [6.45, 7) is 0. The molecule has 1 aliphatic heterocycles. The minimum atomic E-state index is -3.55. The lowest BCUT2D eigenvalue weighted by molar-refractivity contribution is -0.116. The maximum absolute atomic E-state index is 12.3. The second-order valence-electron chi connectivity index (χ2n) is 6.07. The Morgan fingerprint density at radius 2 is 1.77 bits per heavy atom. The van der Waals surface area contributed by atoms with E-state index in [1.165, 1.54) is 38.4 Å². The summed E-state index contributed by atoms with van der Waals surface area (Å²) in [5.41, 5.74) is 1.87. The highest BCUT2D eigenvalue weighted by atomic mass is 32.2. The van der Waals surface area contributed by atoms with E-state index in [0.717, 1.165) is 15.6 Å². The molecule has 7 nitrogen and oxygen atoms in total. The van der Waals surface area contributed by atoms with Crippen molar-refractivity contribution < 1.29 is 22.7 Å². The Morgan fingerprint density at radius 3 is 2.42 bits per heavy atom. The largest absolute Gasteiger partial charge is 0.423 e. The number of benzene rings is 2. The standard InChI is InChI=1S/C18H18N2O5S/c1-20(2)26(23,24)15-7-3-12(4-8-15)18(22)25-14-6-9-16-13(11-14)5-10-17(21)19-16/h3-4,6-9,11H,5,10H2,1-2H3,(H,19,21). The van der Waals surface area contributed by atoms with Crippen LogP contribution in [0, 0.1) is 0 Å². The van der Waals surface area contributed by atoms with Gasteiger partial charge in [0.25, 0.3) is 0 Å². The van der Waals surface area contributed by atoms with Gasteiger partial charge in [-0.25, -0.2) is 17.5 Å². The molecule has 0 fully saturated rings. The van der Waals surface area contributed by atoms with Crippen molar-refractivity contribution in [2.45, 2.75) is 17.7 Å². The van der Waals surface area contributed by atoms with E-state index in [4.69, 9.17) is 4.74 Å². The molecular weight excluding hydrogens is 356 g/mol. The van der Waals surface area contributed by atoms with E-state index in [1.807, 2.05) is 0 Å². The molecule has 136 valence electrons. The first-order chi connectivity index (χ1) is 12.3. The van der Waals surface area contributed by atoms with E-state index in [0.29, 0.717) is 18.6 Å². The van der Waals surface area contributed by atoms with Crippen LogP contribution in [0.25, 0.3) is 0 Å². The van der Waals surface area contributed by atoms with Gasteiger partial charge in [-0.1, -0.05) is 0 Å². The van der Waals surface area contributed by atoms with Crippen LogP contribution in [0.15, 0.2) is 47.4 Å². The summed E-state index contributed by atoms with van der Waals surface area (Å²) in [5.74, 6) is -0.247. The van der Waals surface area contributed by atoms with Gasteiger partial charge in [0.1, 0.15) is 5.75 Å². The van der Waals surface area contributed by atoms with Gasteiger partial charge in [0.05, 0.1) is 10.5 Å². The maximum Gasteiger partial charge on any atom is 0.343 e. The molecule has 0 aliphatic carbocycles. The summed E-state index contributed by atoms with van der Waals surface area (Å²) >= 11 is 0. The van der Waals surface area contributed by atoms with E-state index < -0.39 is 16.0 Å². The summed E-state index contributed by atoms with van der Waals surface area (Å²) in [6, 6.07) is 10.6. The van der Waals surface area contributed by atoms with Crippen molar-refractivity contribution in [1.29, 1.82) is 0 Å². The first-order valence-electron chi connectivity index (χ1n) is 7.95. The SMILES string of the molecule is CN(C)S(=O)(=O)c1ccc(C(=O)Oc2ccc3c(c2)CCC(=O)N3)cc1. The van der Waals surface area contributed by atoms with E-state index in [2.05, 4.69) is 5.32 Å². The van der Waals surface area contributed by atoms with Crippen LogP contribution in [-0.4, -0.2) is 38.7 Å². The number of carbonyl (C=O) groups excluding carboxylic acids is 2. The molecule has 0 saturated heterocycles. The highest BCUT2D eigenvalue weighted by molar-refractivity contribution is 7.89. The van der Waals surface area contributed by atoms with Crippen LogP contribution in [0.4, 0.5) is 5.69 Å². The molecule has 0 aromatic heterocycles. The number of carbonyl (C=O) groups is 2. The number of anilines is 1. The van der Waals surface area contributed by atoms with Gasteiger partial charge >= 0.3 is 5.97 Å². The lowest BCUT2D eigenvalue weighted by Gasteiger charge is -2.17. The Kier molecular flexibility index (Phi) is 4.80. The molecule has 2 aromatic rings. The second-order valence-corrected chi connectivity index (χ2v) is 8.22. The normalized spacial score (nSPS) is 13.9. The van der Waals surface area contributed by atoms with Gasteiger partial charge in [0, 0.05) is 26.2 Å². The predicted octanol–water partition coefficient (Wildman–Crippen LogP) is 2.04. The van der Waals surface area contributed by atoms with Crippen LogP contribution in [0.2, 0.25) is 0 Å². The van der Waals surface area contributed by atoms with Crippen LogP contribution < -0.4 is 10.1 Å². The summed E-state index contributed by atoms with van der Waals surface area (Å²) < 4.78 is 30.5. The molecule has 2 aromatic carbocycles. The molecule has 8 heteroatoms. The quantitative estimate of drug-likeness (QED) is 0.653. The van der Waals surface area contributed by atoms with Crippen LogP contribution >= 0.6 is 0 Å². The number of esters is 1. The van der Waals surface area contributed by atoms with Crippen molar-refractivity contribution in [3.8, 4) is 5.75 Å². The average molecular weight is 374 g/mol. The number of fused-ring (bicyclic) bond motifs is 1. The molecule has 1 amide bonds. The first-order valence-corrected chi connectivity index (χ1v) is 9.39. The van der Waals surface area contributed by atoms with Crippen LogP contribution in [0.5, 0.6) is 5.75 Å². The number of hydrogen-bond acceptors (Lipinski definition) is 5. The lowest BCUT2D eigenvalue weighted by atomic mass is 10.0. The van der Waals surface area contributed by atoms with Crippen LogP contribution in [0.3, 0.4) is 0 Å². The smallest absolute Gasteiger partial charge is 0.343 e. The fraction of sp³-hybridized carbons (Fsp3) is 0.222. The second kappa shape index (κ2) is 6.89. The minimum absolute atomic E-state index is 0.0324. The molecular formula is C18H18N2O5S. The van der Waals surface area contributed by atoms with Crippen molar-refractivity contribution in [3.63, 3.8) is 0 Å². The molecule has 1 heterocycles. The molecule has 0 spiro atoms. The van der Waals surface area contributed by atoms with Gasteiger partial charge in [-0.2, -0.15) is 0 Å². The average Bonchev–Trinajstić information content (AvgIpc) is 2.61. The highest BCUT2D eigenvalue weighted by Gasteiger charge is 2.19. The fourth-order valence-corrected chi connectivity index (χ4v) is 3.46. The molecule has 1 aliphatic rings. The first kappa shape index (κ1) is 18.1. The number of nitrogens with one attached hydrogen (secondary N) is 1. The summed E-state index contributed by atoms with van der Waals surface area (Å²) in [6.07, 6.45) is 0.982. The van der Waals surface area contributed by atoms with Crippen LogP contribution in [-0.2, 0) is 21.2 Å². The molecule has 0 atom stereocenters. The Morgan fingerprint density at radius 1 is 1.08 bits per heavy atom. The lowest BCUT2D eigenvalue weighted by Crippen LogP contribution is -2.22. The Labute approximate surface area is 151 Å². The number of sulfonamides is 1.